The molecule has 120 valence electrons. The Labute approximate surface area is 141 Å². The van der Waals surface area contributed by atoms with Gasteiger partial charge in [0, 0.05) is 17.0 Å². The van der Waals surface area contributed by atoms with Gasteiger partial charge in [-0.25, -0.2) is 14.2 Å². The number of quaternary nitrogens is 1. The van der Waals surface area contributed by atoms with E-state index in [4.69, 9.17) is 12.2 Å². The van der Waals surface area contributed by atoms with Crippen molar-refractivity contribution in [2.45, 2.75) is 34.0 Å². The number of benzene rings is 1. The average Bonchev–Trinajstić information content (AvgIpc) is 2.83. The normalized spacial score (nSPS) is 12.7. The molecule has 2 heterocycles. The van der Waals surface area contributed by atoms with Gasteiger partial charge >= 0.3 is 0 Å². The van der Waals surface area contributed by atoms with Crippen molar-refractivity contribution in [3.8, 4) is 0 Å². The number of nitrogens with zero attached hydrogens (tertiary/aromatic N) is 4. The van der Waals surface area contributed by atoms with Gasteiger partial charge in [-0.3, -0.25) is 0 Å². The van der Waals surface area contributed by atoms with Crippen LogP contribution in [0.25, 0.3) is 5.78 Å². The Balaban J connectivity index is 1.93. The lowest BCUT2D eigenvalue weighted by Crippen LogP contribution is -3.09. The minimum atomic E-state index is 0.588. The van der Waals surface area contributed by atoms with Crippen LogP contribution < -0.4 is 4.90 Å². The number of rotatable bonds is 5. The molecule has 0 saturated heterocycles. The molecule has 1 atom stereocenters. The zero-order valence-electron chi connectivity index (χ0n) is 13.8. The Morgan fingerprint density at radius 2 is 1.87 bits per heavy atom. The van der Waals surface area contributed by atoms with E-state index in [1.54, 1.807) is 0 Å². The number of hydrogen-bond donors (Lipinski definition) is 1. The van der Waals surface area contributed by atoms with Crippen molar-refractivity contribution >= 4 is 18.0 Å². The fourth-order valence-corrected chi connectivity index (χ4v) is 3.11. The van der Waals surface area contributed by atoms with Crippen LogP contribution >= 0.6 is 12.2 Å². The SMILES string of the molecule is CC[NH+](Cc1ccccc1)Cn1c(=S)nc2nc(C)cc(C)n21. The summed E-state index contributed by atoms with van der Waals surface area (Å²) < 4.78 is 4.66. The average molecular weight is 328 g/mol. The third-order valence-electron chi connectivity index (χ3n) is 4.05. The van der Waals surface area contributed by atoms with Crippen molar-refractivity contribution in [1.29, 1.82) is 0 Å². The largest absolute Gasteiger partial charge is 0.313 e. The molecular weight excluding hydrogens is 306 g/mol. The highest BCUT2D eigenvalue weighted by atomic mass is 32.1. The summed E-state index contributed by atoms with van der Waals surface area (Å²) in [6.45, 7) is 9.00. The van der Waals surface area contributed by atoms with E-state index in [-0.39, 0.29) is 0 Å². The first kappa shape index (κ1) is 15.8. The molecule has 0 aliphatic heterocycles. The van der Waals surface area contributed by atoms with Crippen molar-refractivity contribution < 1.29 is 4.90 Å². The molecule has 5 nitrogen and oxygen atoms in total. The zero-order valence-corrected chi connectivity index (χ0v) is 14.6. The summed E-state index contributed by atoms with van der Waals surface area (Å²) in [5.74, 6) is 0.683. The summed E-state index contributed by atoms with van der Waals surface area (Å²) >= 11 is 5.46. The lowest BCUT2D eigenvalue weighted by Gasteiger charge is -2.19. The molecule has 1 unspecified atom stereocenters. The van der Waals surface area contributed by atoms with Gasteiger partial charge in [-0.15, -0.1) is 0 Å². The highest BCUT2D eigenvalue weighted by Crippen LogP contribution is 2.06. The summed E-state index contributed by atoms with van der Waals surface area (Å²) in [7, 11) is 0. The van der Waals surface area contributed by atoms with Crippen LogP contribution in [-0.2, 0) is 13.2 Å². The monoisotopic (exact) mass is 328 g/mol. The van der Waals surface area contributed by atoms with Crippen molar-refractivity contribution in [3.63, 3.8) is 0 Å². The number of aryl methyl sites for hydroxylation is 2. The smallest absolute Gasteiger partial charge is 0.252 e. The van der Waals surface area contributed by atoms with E-state index in [1.165, 1.54) is 10.5 Å². The van der Waals surface area contributed by atoms with Gasteiger partial charge in [0.2, 0.25) is 4.77 Å². The molecule has 3 aromatic rings. The topological polar surface area (TPSA) is 39.6 Å². The van der Waals surface area contributed by atoms with Crippen molar-refractivity contribution in [3.05, 3.63) is 58.1 Å². The van der Waals surface area contributed by atoms with E-state index in [9.17, 15) is 0 Å². The minimum absolute atomic E-state index is 0.588. The van der Waals surface area contributed by atoms with Crippen molar-refractivity contribution in [1.82, 2.24) is 19.2 Å². The fraction of sp³-hybridized carbons (Fsp3) is 0.353. The van der Waals surface area contributed by atoms with Crippen LogP contribution in [0, 0.1) is 18.6 Å². The number of nitrogens with one attached hydrogen (secondary N) is 1. The highest BCUT2D eigenvalue weighted by Gasteiger charge is 2.14. The van der Waals surface area contributed by atoms with Gasteiger partial charge in [0.05, 0.1) is 6.54 Å². The zero-order chi connectivity index (χ0) is 16.4. The van der Waals surface area contributed by atoms with Gasteiger partial charge in [0.15, 0.2) is 6.67 Å². The Hall–Kier alpha value is -2.05. The predicted octanol–water partition coefficient (Wildman–Crippen LogP) is 1.94. The maximum atomic E-state index is 5.46. The highest BCUT2D eigenvalue weighted by molar-refractivity contribution is 7.71. The first-order valence-electron chi connectivity index (χ1n) is 7.89. The van der Waals surface area contributed by atoms with E-state index >= 15 is 0 Å². The van der Waals surface area contributed by atoms with Crippen molar-refractivity contribution in [2.24, 2.45) is 0 Å². The molecule has 1 aromatic carbocycles. The van der Waals surface area contributed by atoms with Crippen LogP contribution in [0.2, 0.25) is 0 Å². The van der Waals surface area contributed by atoms with Crippen LogP contribution in [0.1, 0.15) is 23.9 Å². The molecule has 0 amide bonds. The van der Waals surface area contributed by atoms with Crippen LogP contribution in [0.4, 0.5) is 0 Å². The number of aromatic nitrogens is 4. The third kappa shape index (κ3) is 3.33. The van der Waals surface area contributed by atoms with Gasteiger partial charge in [0.25, 0.3) is 5.78 Å². The third-order valence-corrected chi connectivity index (χ3v) is 4.35. The molecule has 0 aliphatic carbocycles. The lowest BCUT2D eigenvalue weighted by molar-refractivity contribution is -0.935. The number of fused-ring (bicyclic) bond motifs is 1. The maximum Gasteiger partial charge on any atom is 0.252 e. The van der Waals surface area contributed by atoms with Crippen molar-refractivity contribution in [2.75, 3.05) is 6.54 Å². The molecule has 6 heteroatoms. The summed E-state index contributed by atoms with van der Waals surface area (Å²) in [6, 6.07) is 12.6. The molecule has 0 aliphatic rings. The van der Waals surface area contributed by atoms with Crippen LogP contribution in [0.3, 0.4) is 0 Å². The molecule has 1 N–H and O–H groups in total. The Bertz CT molecular complexity index is 866. The maximum absolute atomic E-state index is 5.46. The van der Waals surface area contributed by atoms with E-state index < -0.39 is 0 Å². The van der Waals surface area contributed by atoms with Crippen LogP contribution in [-0.4, -0.2) is 25.7 Å². The summed E-state index contributed by atoms with van der Waals surface area (Å²) in [5.41, 5.74) is 3.40. The van der Waals surface area contributed by atoms with E-state index in [2.05, 4.69) is 54.1 Å². The Morgan fingerprint density at radius 1 is 1.13 bits per heavy atom. The molecule has 0 spiro atoms. The molecule has 0 radical (unpaired) electrons. The Morgan fingerprint density at radius 3 is 2.57 bits per heavy atom. The second kappa shape index (κ2) is 6.60. The molecule has 0 fully saturated rings. The fourth-order valence-electron chi connectivity index (χ4n) is 2.89. The molecular formula is C17H22N5S+. The first-order valence-corrected chi connectivity index (χ1v) is 8.30. The van der Waals surface area contributed by atoms with Crippen LogP contribution in [0.5, 0.6) is 0 Å². The van der Waals surface area contributed by atoms with Gasteiger partial charge in [-0.1, -0.05) is 30.3 Å². The summed E-state index contributed by atoms with van der Waals surface area (Å²) in [5, 5.41) is 0. The molecule has 0 bridgehead atoms. The summed E-state index contributed by atoms with van der Waals surface area (Å²) in [6.07, 6.45) is 0. The second-order valence-electron chi connectivity index (χ2n) is 5.87. The van der Waals surface area contributed by atoms with Gasteiger partial charge in [-0.05, 0) is 39.1 Å². The van der Waals surface area contributed by atoms with Crippen LogP contribution in [0.15, 0.2) is 36.4 Å². The second-order valence-corrected chi connectivity index (χ2v) is 6.23. The predicted molar refractivity (Wildman–Crippen MR) is 92.9 cm³/mol. The minimum Gasteiger partial charge on any atom is -0.313 e. The van der Waals surface area contributed by atoms with E-state index in [1.807, 2.05) is 22.2 Å². The Kier molecular flexibility index (Phi) is 4.54. The molecule has 2 aromatic heterocycles. The van der Waals surface area contributed by atoms with Gasteiger partial charge in [0.1, 0.15) is 6.54 Å². The lowest BCUT2D eigenvalue weighted by atomic mass is 10.2. The van der Waals surface area contributed by atoms with Gasteiger partial charge in [-0.2, -0.15) is 4.98 Å². The van der Waals surface area contributed by atoms with E-state index in [0.29, 0.717) is 10.5 Å². The number of hydrogen-bond acceptors (Lipinski definition) is 3. The first-order chi connectivity index (χ1) is 11.1. The molecule has 23 heavy (non-hydrogen) atoms. The molecule has 0 saturated carbocycles. The standard InChI is InChI=1S/C17H21N5S/c1-4-20(11-15-8-6-5-7-9-15)12-21-17(23)19-16-18-13(2)10-14(3)22(16)21/h5-10H,4,11-12H2,1-3H3/p+1. The summed E-state index contributed by atoms with van der Waals surface area (Å²) in [4.78, 5) is 10.4. The van der Waals surface area contributed by atoms with Gasteiger partial charge < -0.3 is 4.90 Å². The van der Waals surface area contributed by atoms with E-state index in [0.717, 1.165) is 31.1 Å². The molecule has 3 rings (SSSR count). The quantitative estimate of drug-likeness (QED) is 0.728.